The van der Waals surface area contributed by atoms with Gasteiger partial charge in [-0.15, -0.1) is 0 Å². The number of ether oxygens (including phenoxy) is 1. The van der Waals surface area contributed by atoms with Crippen LogP contribution in [0.1, 0.15) is 22.8 Å². The second-order valence-electron chi connectivity index (χ2n) is 6.83. The van der Waals surface area contributed by atoms with Crippen molar-refractivity contribution in [3.63, 3.8) is 0 Å². The second-order valence-corrected chi connectivity index (χ2v) is 8.73. The van der Waals surface area contributed by atoms with Gasteiger partial charge in [0.1, 0.15) is 6.54 Å². The fourth-order valence-electron chi connectivity index (χ4n) is 2.77. The van der Waals surface area contributed by atoms with E-state index in [1.807, 2.05) is 6.92 Å². The molecule has 166 valence electrons. The maximum atomic E-state index is 12.8. The lowest BCUT2D eigenvalue weighted by Crippen LogP contribution is -2.30. The number of rotatable bonds is 7. The van der Waals surface area contributed by atoms with Crippen LogP contribution in [0.2, 0.25) is 0 Å². The first kappa shape index (κ1) is 22.9. The molecule has 0 aliphatic heterocycles. The molecule has 0 saturated heterocycles. The fourth-order valence-corrected chi connectivity index (χ4v) is 3.95. The van der Waals surface area contributed by atoms with Gasteiger partial charge in [-0.1, -0.05) is 17.7 Å². The van der Waals surface area contributed by atoms with E-state index in [0.29, 0.717) is 11.3 Å². The molecule has 0 fully saturated rings. The third-order valence-corrected chi connectivity index (χ3v) is 6.08. The molecule has 0 aliphatic carbocycles. The molecule has 3 rings (SSSR count). The molecule has 1 heterocycles. The van der Waals surface area contributed by atoms with Crippen molar-refractivity contribution >= 4 is 27.4 Å². The molecule has 2 aromatic carbocycles. The van der Waals surface area contributed by atoms with Crippen LogP contribution in [-0.4, -0.2) is 36.7 Å². The number of esters is 1. The Labute approximate surface area is 184 Å². The number of nitrogens with zero attached hydrogens (tertiary/aromatic N) is 2. The number of sulfone groups is 1. The highest BCUT2D eigenvalue weighted by molar-refractivity contribution is 7.91. The Bertz CT molecular complexity index is 1300. The van der Waals surface area contributed by atoms with Crippen LogP contribution in [0.5, 0.6) is 0 Å². The molecule has 0 bridgehead atoms. The Balaban J connectivity index is 1.76. The molecule has 9 nitrogen and oxygen atoms in total. The summed E-state index contributed by atoms with van der Waals surface area (Å²) >= 11 is 0. The summed E-state index contributed by atoms with van der Waals surface area (Å²) in [5, 5.41) is 6.11. The van der Waals surface area contributed by atoms with E-state index in [0.717, 1.165) is 22.4 Å². The second kappa shape index (κ2) is 9.56. The number of hydrogen-bond donors (Lipinski definition) is 1. The molecular weight excluding hydrogens is 434 g/mol. The van der Waals surface area contributed by atoms with E-state index in [1.165, 1.54) is 36.4 Å². The smallest absolute Gasteiger partial charge is 0.338 e. The van der Waals surface area contributed by atoms with Gasteiger partial charge in [0, 0.05) is 11.8 Å². The minimum absolute atomic E-state index is 0.0342. The van der Waals surface area contributed by atoms with E-state index in [2.05, 4.69) is 10.4 Å². The van der Waals surface area contributed by atoms with Gasteiger partial charge in [-0.25, -0.2) is 17.9 Å². The van der Waals surface area contributed by atoms with Crippen molar-refractivity contribution in [2.75, 3.05) is 11.9 Å². The first-order valence-electron chi connectivity index (χ1n) is 9.67. The van der Waals surface area contributed by atoms with Crippen LogP contribution in [0.3, 0.4) is 0 Å². The van der Waals surface area contributed by atoms with Crippen LogP contribution >= 0.6 is 0 Å². The van der Waals surface area contributed by atoms with Crippen molar-refractivity contribution in [2.45, 2.75) is 30.3 Å². The van der Waals surface area contributed by atoms with Crippen LogP contribution < -0.4 is 10.9 Å². The third kappa shape index (κ3) is 5.27. The van der Waals surface area contributed by atoms with Gasteiger partial charge in [0.15, 0.2) is 5.03 Å². The predicted molar refractivity (Wildman–Crippen MR) is 116 cm³/mol. The number of hydrogen-bond acceptors (Lipinski definition) is 7. The predicted octanol–water partition coefficient (Wildman–Crippen LogP) is 2.20. The molecule has 0 unspecified atom stereocenters. The monoisotopic (exact) mass is 455 g/mol. The third-order valence-electron chi connectivity index (χ3n) is 4.42. The van der Waals surface area contributed by atoms with Crippen molar-refractivity contribution in [1.82, 2.24) is 9.78 Å². The molecule has 1 aromatic heterocycles. The van der Waals surface area contributed by atoms with Gasteiger partial charge < -0.3 is 10.1 Å². The largest absolute Gasteiger partial charge is 0.462 e. The highest BCUT2D eigenvalue weighted by Crippen LogP contribution is 2.18. The zero-order valence-electron chi connectivity index (χ0n) is 17.4. The van der Waals surface area contributed by atoms with Crippen LogP contribution in [0.15, 0.2) is 75.4 Å². The molecule has 0 aliphatic rings. The Kier molecular flexibility index (Phi) is 6.84. The van der Waals surface area contributed by atoms with E-state index in [1.54, 1.807) is 19.1 Å². The van der Waals surface area contributed by atoms with Gasteiger partial charge in [0.05, 0.1) is 17.1 Å². The molecule has 0 atom stereocenters. The van der Waals surface area contributed by atoms with Gasteiger partial charge in [-0.05, 0) is 56.3 Å². The van der Waals surface area contributed by atoms with Gasteiger partial charge >= 0.3 is 5.97 Å². The molecule has 0 saturated carbocycles. The summed E-state index contributed by atoms with van der Waals surface area (Å²) in [7, 11) is -3.95. The van der Waals surface area contributed by atoms with Crippen LogP contribution in [0.4, 0.5) is 5.69 Å². The SMILES string of the molecule is CCOC(=O)c1ccc(NC(=O)Cn2nc(S(=O)(=O)c3ccc(C)cc3)ccc2=O)cc1. The van der Waals surface area contributed by atoms with Crippen molar-refractivity contribution in [3.05, 3.63) is 82.1 Å². The van der Waals surface area contributed by atoms with Crippen LogP contribution in [0, 0.1) is 6.92 Å². The summed E-state index contributed by atoms with van der Waals surface area (Å²) in [5.74, 6) is -1.07. The summed E-state index contributed by atoms with van der Waals surface area (Å²) in [6.07, 6.45) is 0. The first-order valence-corrected chi connectivity index (χ1v) is 11.2. The zero-order chi connectivity index (χ0) is 23.3. The summed E-state index contributed by atoms with van der Waals surface area (Å²) in [5.41, 5.74) is 0.991. The van der Waals surface area contributed by atoms with Gasteiger partial charge in [0.2, 0.25) is 15.7 Å². The summed E-state index contributed by atoms with van der Waals surface area (Å²) in [4.78, 5) is 36.2. The lowest BCUT2D eigenvalue weighted by molar-refractivity contribution is -0.117. The average molecular weight is 455 g/mol. The van der Waals surface area contributed by atoms with Crippen molar-refractivity contribution in [2.24, 2.45) is 0 Å². The number of nitrogens with one attached hydrogen (secondary N) is 1. The van der Waals surface area contributed by atoms with Crippen molar-refractivity contribution in [1.29, 1.82) is 0 Å². The quantitative estimate of drug-likeness (QED) is 0.542. The van der Waals surface area contributed by atoms with Gasteiger partial charge in [0.25, 0.3) is 5.56 Å². The van der Waals surface area contributed by atoms with E-state index in [-0.39, 0.29) is 16.5 Å². The minimum atomic E-state index is -3.95. The van der Waals surface area contributed by atoms with Crippen molar-refractivity contribution in [3.8, 4) is 0 Å². The van der Waals surface area contributed by atoms with Gasteiger partial charge in [-0.3, -0.25) is 9.59 Å². The van der Waals surface area contributed by atoms with Gasteiger partial charge in [-0.2, -0.15) is 5.10 Å². The number of aryl methyl sites for hydroxylation is 1. The number of benzene rings is 2. The van der Waals surface area contributed by atoms with Crippen LogP contribution in [-0.2, 0) is 25.9 Å². The Morgan fingerprint density at radius 2 is 1.66 bits per heavy atom. The number of carbonyl (C=O) groups excluding carboxylic acids is 2. The number of amides is 1. The highest BCUT2D eigenvalue weighted by atomic mass is 32.2. The summed E-state index contributed by atoms with van der Waals surface area (Å²) < 4.78 is 31.3. The highest BCUT2D eigenvalue weighted by Gasteiger charge is 2.21. The fraction of sp³-hybridized carbons (Fsp3) is 0.182. The lowest BCUT2D eigenvalue weighted by Gasteiger charge is -2.09. The zero-order valence-corrected chi connectivity index (χ0v) is 18.3. The molecule has 3 aromatic rings. The molecule has 10 heteroatoms. The maximum absolute atomic E-state index is 12.8. The topological polar surface area (TPSA) is 124 Å². The molecule has 1 amide bonds. The average Bonchev–Trinajstić information content (AvgIpc) is 2.76. The van der Waals surface area contributed by atoms with E-state index < -0.39 is 33.8 Å². The van der Waals surface area contributed by atoms with Crippen molar-refractivity contribution < 1.29 is 22.7 Å². The Morgan fingerprint density at radius 3 is 2.28 bits per heavy atom. The molecule has 0 spiro atoms. The number of aromatic nitrogens is 2. The molecule has 1 N–H and O–H groups in total. The standard InChI is InChI=1S/C22H21N3O6S/c1-3-31-22(28)16-6-8-17(9-7-16)23-19(26)14-25-21(27)13-12-20(24-25)32(29,30)18-10-4-15(2)5-11-18/h4-13H,3,14H2,1-2H3,(H,23,26). The number of anilines is 1. The van der Waals surface area contributed by atoms with E-state index in [9.17, 15) is 22.8 Å². The normalized spacial score (nSPS) is 11.1. The molecule has 0 radical (unpaired) electrons. The van der Waals surface area contributed by atoms with E-state index in [4.69, 9.17) is 4.74 Å². The molecular formula is C22H21N3O6S. The maximum Gasteiger partial charge on any atom is 0.338 e. The Morgan fingerprint density at radius 1 is 1.00 bits per heavy atom. The summed E-state index contributed by atoms with van der Waals surface area (Å²) in [6, 6.07) is 14.4. The Hall–Kier alpha value is -3.79. The lowest BCUT2D eigenvalue weighted by atomic mass is 10.2. The molecule has 32 heavy (non-hydrogen) atoms. The van der Waals surface area contributed by atoms with Crippen LogP contribution in [0.25, 0.3) is 0 Å². The first-order chi connectivity index (χ1) is 15.2. The minimum Gasteiger partial charge on any atom is -0.462 e. The van der Waals surface area contributed by atoms with E-state index >= 15 is 0 Å². The summed E-state index contributed by atoms with van der Waals surface area (Å²) in [6.45, 7) is 3.29. The number of carbonyl (C=O) groups is 2.